The van der Waals surface area contributed by atoms with E-state index in [2.05, 4.69) is 30.0 Å². The maximum atomic E-state index is 13.1. The third kappa shape index (κ3) is 4.20. The number of thiazole rings is 1. The zero-order chi connectivity index (χ0) is 20.5. The van der Waals surface area contributed by atoms with Crippen molar-refractivity contribution in [2.45, 2.75) is 36.9 Å². The summed E-state index contributed by atoms with van der Waals surface area (Å²) in [5.74, 6) is 0.775. The number of nitrogens with zero attached hydrogens (tertiary/aromatic N) is 5. The highest BCUT2D eigenvalue weighted by Gasteiger charge is 2.32. The SMILES string of the molecule is O=C(CSc1nnc(N2CCCC2)n1C1CC1)Nc1nc(-c2ccc(F)cc2)cs1. The van der Waals surface area contributed by atoms with E-state index in [1.807, 2.05) is 5.38 Å². The van der Waals surface area contributed by atoms with Gasteiger partial charge in [-0.3, -0.25) is 9.36 Å². The van der Waals surface area contributed by atoms with Crippen molar-refractivity contribution in [3.05, 3.63) is 35.5 Å². The Balaban J connectivity index is 1.21. The lowest BCUT2D eigenvalue weighted by Crippen LogP contribution is -2.22. The van der Waals surface area contributed by atoms with Crippen molar-refractivity contribution in [3.63, 3.8) is 0 Å². The average Bonchev–Trinajstić information content (AvgIpc) is 3.14. The van der Waals surface area contributed by atoms with Crippen molar-refractivity contribution in [2.75, 3.05) is 29.1 Å². The number of hydrogen-bond donors (Lipinski definition) is 1. The summed E-state index contributed by atoms with van der Waals surface area (Å²) >= 11 is 2.76. The molecule has 0 radical (unpaired) electrons. The minimum absolute atomic E-state index is 0.131. The van der Waals surface area contributed by atoms with E-state index < -0.39 is 0 Å². The Morgan fingerprint density at radius 1 is 1.20 bits per heavy atom. The number of carbonyl (C=O) groups excluding carboxylic acids is 1. The molecule has 2 aliphatic rings. The molecule has 1 saturated carbocycles. The number of thioether (sulfide) groups is 1. The van der Waals surface area contributed by atoms with E-state index in [9.17, 15) is 9.18 Å². The van der Waals surface area contributed by atoms with Crippen molar-refractivity contribution in [3.8, 4) is 11.3 Å². The Labute approximate surface area is 181 Å². The fourth-order valence-corrected chi connectivity index (χ4v) is 5.06. The summed E-state index contributed by atoms with van der Waals surface area (Å²) in [5.41, 5.74) is 1.53. The maximum absolute atomic E-state index is 13.1. The number of rotatable bonds is 7. The molecule has 0 atom stereocenters. The summed E-state index contributed by atoms with van der Waals surface area (Å²) in [5, 5.41) is 14.8. The number of hydrogen-bond acceptors (Lipinski definition) is 7. The van der Waals surface area contributed by atoms with Gasteiger partial charge in [-0.25, -0.2) is 9.37 Å². The van der Waals surface area contributed by atoms with Crippen molar-refractivity contribution in [2.24, 2.45) is 0 Å². The van der Waals surface area contributed by atoms with Gasteiger partial charge in [-0.05, 0) is 49.9 Å². The van der Waals surface area contributed by atoms with Gasteiger partial charge in [0.05, 0.1) is 11.4 Å². The van der Waals surface area contributed by atoms with Crippen LogP contribution in [0, 0.1) is 5.82 Å². The zero-order valence-corrected chi connectivity index (χ0v) is 17.9. The molecule has 1 aromatic carbocycles. The number of carbonyl (C=O) groups is 1. The van der Waals surface area contributed by atoms with Crippen molar-refractivity contribution < 1.29 is 9.18 Å². The molecule has 0 bridgehead atoms. The fourth-order valence-electron chi connectivity index (χ4n) is 3.52. The van der Waals surface area contributed by atoms with Crippen molar-refractivity contribution >= 4 is 40.1 Å². The smallest absolute Gasteiger partial charge is 0.236 e. The summed E-state index contributed by atoms with van der Waals surface area (Å²) < 4.78 is 15.3. The van der Waals surface area contributed by atoms with E-state index in [1.165, 1.54) is 48.1 Å². The first-order chi connectivity index (χ1) is 14.7. The molecule has 5 rings (SSSR count). The number of aromatic nitrogens is 4. The molecule has 0 spiro atoms. The van der Waals surface area contributed by atoms with Crippen LogP contribution in [0.4, 0.5) is 15.5 Å². The molecule has 156 valence electrons. The first-order valence-electron chi connectivity index (χ1n) is 10.0. The molecule has 2 fully saturated rings. The minimum atomic E-state index is -0.286. The Bertz CT molecular complexity index is 1040. The molecule has 3 aromatic rings. The monoisotopic (exact) mass is 444 g/mol. The Morgan fingerprint density at radius 3 is 2.70 bits per heavy atom. The van der Waals surface area contributed by atoms with Crippen LogP contribution in [0.3, 0.4) is 0 Å². The predicted molar refractivity (Wildman–Crippen MR) is 117 cm³/mol. The molecule has 1 aliphatic heterocycles. The molecule has 30 heavy (non-hydrogen) atoms. The van der Waals surface area contributed by atoms with Gasteiger partial charge in [-0.15, -0.1) is 21.5 Å². The molecule has 10 heteroatoms. The number of anilines is 2. The number of halogens is 1. The van der Waals surface area contributed by atoms with Gasteiger partial charge in [-0.1, -0.05) is 11.8 Å². The van der Waals surface area contributed by atoms with Gasteiger partial charge in [0, 0.05) is 30.1 Å². The van der Waals surface area contributed by atoms with E-state index in [4.69, 9.17) is 0 Å². The summed E-state index contributed by atoms with van der Waals surface area (Å²) in [6.45, 7) is 2.05. The van der Waals surface area contributed by atoms with E-state index >= 15 is 0 Å². The quantitative estimate of drug-likeness (QED) is 0.550. The third-order valence-electron chi connectivity index (χ3n) is 5.17. The van der Waals surface area contributed by atoms with Gasteiger partial charge < -0.3 is 10.2 Å². The van der Waals surface area contributed by atoms with Gasteiger partial charge in [-0.2, -0.15) is 0 Å². The van der Waals surface area contributed by atoms with Crippen LogP contribution in [-0.2, 0) is 4.79 Å². The van der Waals surface area contributed by atoms with Crippen LogP contribution in [0.5, 0.6) is 0 Å². The fraction of sp³-hybridized carbons (Fsp3) is 0.400. The lowest BCUT2D eigenvalue weighted by Gasteiger charge is -2.17. The summed E-state index contributed by atoms with van der Waals surface area (Å²) in [7, 11) is 0. The molecule has 1 N–H and O–H groups in total. The van der Waals surface area contributed by atoms with Gasteiger partial charge in [0.15, 0.2) is 10.3 Å². The highest BCUT2D eigenvalue weighted by molar-refractivity contribution is 7.99. The van der Waals surface area contributed by atoms with Crippen LogP contribution in [0.25, 0.3) is 11.3 Å². The molecule has 2 aromatic heterocycles. The second-order valence-electron chi connectivity index (χ2n) is 7.46. The first-order valence-corrected chi connectivity index (χ1v) is 11.9. The van der Waals surface area contributed by atoms with Crippen LogP contribution >= 0.6 is 23.1 Å². The highest BCUT2D eigenvalue weighted by atomic mass is 32.2. The van der Waals surface area contributed by atoms with Gasteiger partial charge >= 0.3 is 0 Å². The summed E-state index contributed by atoms with van der Waals surface area (Å²) in [6.07, 6.45) is 4.67. The molecular weight excluding hydrogens is 423 g/mol. The molecule has 3 heterocycles. The number of benzene rings is 1. The standard InChI is InChI=1S/C20H21FN6OS2/c21-14-5-3-13(4-6-14)16-11-29-18(22-16)23-17(28)12-30-20-25-24-19(26-9-1-2-10-26)27(20)15-7-8-15/h3-6,11,15H,1-2,7-10,12H2,(H,22,23,28). The van der Waals surface area contributed by atoms with Crippen LogP contribution in [-0.4, -0.2) is 44.5 Å². The molecule has 1 saturated heterocycles. The zero-order valence-electron chi connectivity index (χ0n) is 16.3. The van der Waals surface area contributed by atoms with Crippen LogP contribution < -0.4 is 10.2 Å². The molecule has 0 unspecified atom stereocenters. The lowest BCUT2D eigenvalue weighted by atomic mass is 10.2. The lowest BCUT2D eigenvalue weighted by molar-refractivity contribution is -0.113. The van der Waals surface area contributed by atoms with Crippen molar-refractivity contribution in [1.82, 2.24) is 19.7 Å². The normalized spacial score (nSPS) is 16.2. The van der Waals surface area contributed by atoms with Gasteiger partial charge in [0.1, 0.15) is 5.82 Å². The third-order valence-corrected chi connectivity index (χ3v) is 6.87. The van der Waals surface area contributed by atoms with Gasteiger partial charge in [0.2, 0.25) is 11.9 Å². The second kappa shape index (κ2) is 8.35. The highest BCUT2D eigenvalue weighted by Crippen LogP contribution is 2.41. The van der Waals surface area contributed by atoms with Crippen LogP contribution in [0.2, 0.25) is 0 Å². The Kier molecular flexibility index (Phi) is 5.43. The van der Waals surface area contributed by atoms with Crippen molar-refractivity contribution in [1.29, 1.82) is 0 Å². The number of nitrogens with one attached hydrogen (secondary N) is 1. The second-order valence-corrected chi connectivity index (χ2v) is 9.26. The average molecular weight is 445 g/mol. The molecular formula is C20H21FN6OS2. The summed E-state index contributed by atoms with van der Waals surface area (Å²) in [6, 6.07) is 6.60. The largest absolute Gasteiger partial charge is 0.341 e. The maximum Gasteiger partial charge on any atom is 0.236 e. The minimum Gasteiger partial charge on any atom is -0.341 e. The predicted octanol–water partition coefficient (Wildman–Crippen LogP) is 4.21. The molecule has 1 amide bonds. The van der Waals surface area contributed by atoms with E-state index in [0.29, 0.717) is 16.9 Å². The topological polar surface area (TPSA) is 75.9 Å². The molecule has 7 nitrogen and oxygen atoms in total. The first kappa shape index (κ1) is 19.5. The van der Waals surface area contributed by atoms with Crippen LogP contribution in [0.15, 0.2) is 34.8 Å². The summed E-state index contributed by atoms with van der Waals surface area (Å²) in [4.78, 5) is 19.2. The molecule has 1 aliphatic carbocycles. The Hall–Kier alpha value is -2.46. The van der Waals surface area contributed by atoms with Gasteiger partial charge in [0.25, 0.3) is 0 Å². The van der Waals surface area contributed by atoms with E-state index in [1.54, 1.807) is 12.1 Å². The van der Waals surface area contributed by atoms with E-state index in [0.717, 1.165) is 42.6 Å². The van der Waals surface area contributed by atoms with Crippen LogP contribution in [0.1, 0.15) is 31.7 Å². The Morgan fingerprint density at radius 2 is 1.97 bits per heavy atom. The van der Waals surface area contributed by atoms with E-state index in [-0.39, 0.29) is 17.5 Å². The number of amides is 1.